The summed E-state index contributed by atoms with van der Waals surface area (Å²) < 4.78 is 6.08. The molecule has 0 spiro atoms. The van der Waals surface area contributed by atoms with Crippen LogP contribution in [0, 0.1) is 0 Å². The number of nitrogens with one attached hydrogen (secondary N) is 1. The zero-order chi connectivity index (χ0) is 10.3. The van der Waals surface area contributed by atoms with Gasteiger partial charge in [0.05, 0.1) is 6.61 Å². The van der Waals surface area contributed by atoms with Crippen molar-refractivity contribution in [2.45, 2.75) is 39.2 Å². The Bertz CT molecular complexity index is 154. The van der Waals surface area contributed by atoms with Gasteiger partial charge in [-0.1, -0.05) is 22.6 Å². The van der Waals surface area contributed by atoms with Gasteiger partial charge in [-0.25, -0.2) is 4.79 Å². The fourth-order valence-corrected chi connectivity index (χ4v) is 1.24. The van der Waals surface area contributed by atoms with Crippen molar-refractivity contribution in [3.63, 3.8) is 0 Å². The number of ether oxygens (including phenoxy) is 1. The Morgan fingerprint density at radius 2 is 2.00 bits per heavy atom. The van der Waals surface area contributed by atoms with Crippen molar-refractivity contribution in [3.8, 4) is 0 Å². The number of alkyl halides is 1. The number of amides is 1. The first-order valence-corrected chi connectivity index (χ1v) is 5.99. The molecule has 13 heavy (non-hydrogen) atoms. The third kappa shape index (κ3) is 9.92. The quantitative estimate of drug-likeness (QED) is 0.492. The number of hydrogen-bond donors (Lipinski definition) is 1. The minimum atomic E-state index is -0.319. The molecule has 1 N–H and O–H groups in total. The summed E-state index contributed by atoms with van der Waals surface area (Å²) in [7, 11) is 0. The molecular formula is C9H18INO2. The van der Waals surface area contributed by atoms with Crippen LogP contribution < -0.4 is 5.32 Å². The van der Waals surface area contributed by atoms with Crippen LogP contribution in [0.4, 0.5) is 4.79 Å². The summed E-state index contributed by atoms with van der Waals surface area (Å²) in [6.07, 6.45) is 1.73. The number of carbonyl (C=O) groups is 1. The Kier molecular flexibility index (Phi) is 6.45. The number of carbonyl (C=O) groups excluding carboxylic acids is 1. The topological polar surface area (TPSA) is 38.3 Å². The number of hydrogen-bond acceptors (Lipinski definition) is 2. The van der Waals surface area contributed by atoms with Gasteiger partial charge in [0.1, 0.15) is 0 Å². The van der Waals surface area contributed by atoms with Crippen molar-refractivity contribution in [3.05, 3.63) is 0 Å². The average Bonchev–Trinajstić information content (AvgIpc) is 1.94. The van der Waals surface area contributed by atoms with Gasteiger partial charge >= 0.3 is 6.09 Å². The summed E-state index contributed by atoms with van der Waals surface area (Å²) in [5.74, 6) is 0. The van der Waals surface area contributed by atoms with E-state index in [4.69, 9.17) is 4.74 Å². The molecule has 3 nitrogen and oxygen atoms in total. The predicted molar refractivity (Wildman–Crippen MR) is 62.4 cm³/mol. The Morgan fingerprint density at radius 3 is 2.46 bits per heavy atom. The summed E-state index contributed by atoms with van der Waals surface area (Å²) in [5.41, 5.74) is -0.208. The molecule has 0 aromatic heterocycles. The number of halogens is 1. The molecule has 0 fully saturated rings. The lowest BCUT2D eigenvalue weighted by Crippen LogP contribution is -2.41. The number of rotatable bonds is 4. The molecule has 1 amide bonds. The highest BCUT2D eigenvalue weighted by Gasteiger charge is 2.13. The maximum absolute atomic E-state index is 11.1. The summed E-state index contributed by atoms with van der Waals surface area (Å²) in [6, 6.07) is 0. The van der Waals surface area contributed by atoms with Crippen molar-refractivity contribution in [2.75, 3.05) is 11.0 Å². The van der Waals surface area contributed by atoms with E-state index in [0.29, 0.717) is 6.61 Å². The van der Waals surface area contributed by atoms with E-state index in [-0.39, 0.29) is 11.6 Å². The van der Waals surface area contributed by atoms with E-state index in [1.54, 1.807) is 0 Å². The van der Waals surface area contributed by atoms with Gasteiger partial charge in [-0.15, -0.1) is 0 Å². The van der Waals surface area contributed by atoms with Gasteiger partial charge in [0.15, 0.2) is 0 Å². The van der Waals surface area contributed by atoms with E-state index < -0.39 is 0 Å². The van der Waals surface area contributed by atoms with Crippen LogP contribution in [-0.4, -0.2) is 22.7 Å². The van der Waals surface area contributed by atoms with Crippen LogP contribution in [-0.2, 0) is 4.74 Å². The fraction of sp³-hybridized carbons (Fsp3) is 0.889. The van der Waals surface area contributed by atoms with Crippen molar-refractivity contribution in [1.82, 2.24) is 5.32 Å². The minimum absolute atomic E-state index is 0.208. The second kappa shape index (κ2) is 6.45. The molecule has 0 radical (unpaired) electrons. The molecule has 0 aromatic rings. The molecule has 78 valence electrons. The molecule has 0 aliphatic heterocycles. The van der Waals surface area contributed by atoms with Gasteiger partial charge in [0.2, 0.25) is 0 Å². The van der Waals surface area contributed by atoms with Crippen LogP contribution in [0.1, 0.15) is 33.6 Å². The van der Waals surface area contributed by atoms with Crippen LogP contribution in [0.3, 0.4) is 0 Å². The molecule has 4 heteroatoms. The zero-order valence-electron chi connectivity index (χ0n) is 8.52. The van der Waals surface area contributed by atoms with Crippen LogP contribution in [0.2, 0.25) is 0 Å². The van der Waals surface area contributed by atoms with E-state index in [0.717, 1.165) is 17.3 Å². The lowest BCUT2D eigenvalue weighted by atomic mass is 10.1. The second-order valence-corrected chi connectivity index (χ2v) is 4.99. The summed E-state index contributed by atoms with van der Waals surface area (Å²) in [5, 5.41) is 2.73. The van der Waals surface area contributed by atoms with Crippen molar-refractivity contribution in [1.29, 1.82) is 0 Å². The molecule has 0 aromatic carbocycles. The van der Waals surface area contributed by atoms with Gasteiger partial charge in [-0.3, -0.25) is 0 Å². The molecule has 0 atom stereocenters. The fourth-order valence-electron chi connectivity index (χ4n) is 0.704. The Balaban J connectivity index is 3.41. The summed E-state index contributed by atoms with van der Waals surface area (Å²) in [4.78, 5) is 11.1. The Morgan fingerprint density at radius 1 is 1.38 bits per heavy atom. The van der Waals surface area contributed by atoms with Crippen LogP contribution in [0.25, 0.3) is 0 Å². The minimum Gasteiger partial charge on any atom is -0.450 e. The summed E-state index contributed by atoms with van der Waals surface area (Å²) >= 11 is 2.31. The molecule has 0 aliphatic rings. The van der Waals surface area contributed by atoms with Crippen molar-refractivity contribution in [2.24, 2.45) is 0 Å². The van der Waals surface area contributed by atoms with E-state index in [2.05, 4.69) is 27.9 Å². The maximum atomic E-state index is 11.1. The van der Waals surface area contributed by atoms with E-state index in [9.17, 15) is 4.79 Å². The first kappa shape index (κ1) is 13.0. The lowest BCUT2D eigenvalue weighted by Gasteiger charge is -2.19. The largest absolute Gasteiger partial charge is 0.450 e. The normalized spacial score (nSPS) is 11.1. The van der Waals surface area contributed by atoms with Gasteiger partial charge in [-0.05, 0) is 38.0 Å². The molecule has 0 rings (SSSR count). The predicted octanol–water partition coefficient (Wildman–Crippen LogP) is 2.73. The first-order valence-electron chi connectivity index (χ1n) is 4.46. The molecule has 0 unspecified atom stereocenters. The summed E-state index contributed by atoms with van der Waals surface area (Å²) in [6.45, 7) is 6.31. The van der Waals surface area contributed by atoms with Crippen molar-refractivity contribution >= 4 is 28.7 Å². The van der Waals surface area contributed by atoms with Crippen LogP contribution in [0.15, 0.2) is 0 Å². The van der Waals surface area contributed by atoms with Gasteiger partial charge in [0, 0.05) is 5.54 Å². The third-order valence-corrected chi connectivity index (χ3v) is 2.00. The van der Waals surface area contributed by atoms with Gasteiger partial charge in [-0.2, -0.15) is 0 Å². The third-order valence-electron chi connectivity index (χ3n) is 1.24. The number of unbranched alkanes of at least 4 members (excludes halogenated alkanes) is 1. The molecule has 0 heterocycles. The molecule has 0 saturated heterocycles. The molecule has 0 aliphatic carbocycles. The first-order chi connectivity index (χ1) is 5.95. The Hall–Kier alpha value is 0. The highest BCUT2D eigenvalue weighted by atomic mass is 127. The Labute approximate surface area is 93.7 Å². The maximum Gasteiger partial charge on any atom is 0.407 e. The van der Waals surface area contributed by atoms with Crippen LogP contribution >= 0.6 is 22.6 Å². The number of alkyl carbamates (subject to hydrolysis) is 1. The average molecular weight is 299 g/mol. The molecular weight excluding hydrogens is 281 g/mol. The van der Waals surface area contributed by atoms with Crippen molar-refractivity contribution < 1.29 is 9.53 Å². The van der Waals surface area contributed by atoms with E-state index >= 15 is 0 Å². The molecule has 0 saturated carbocycles. The zero-order valence-corrected chi connectivity index (χ0v) is 10.7. The van der Waals surface area contributed by atoms with Gasteiger partial charge < -0.3 is 10.1 Å². The monoisotopic (exact) mass is 299 g/mol. The highest BCUT2D eigenvalue weighted by Crippen LogP contribution is 2.00. The standard InChI is InChI=1S/C9H18INO2/c1-9(2,3)11-8(12)13-7-5-4-6-10/h4-7H2,1-3H3,(H,11,12). The van der Waals surface area contributed by atoms with E-state index in [1.807, 2.05) is 20.8 Å². The van der Waals surface area contributed by atoms with Crippen LogP contribution in [0.5, 0.6) is 0 Å². The highest BCUT2D eigenvalue weighted by molar-refractivity contribution is 14.1. The SMILES string of the molecule is CC(C)(C)NC(=O)OCCCCI. The smallest absolute Gasteiger partial charge is 0.407 e. The lowest BCUT2D eigenvalue weighted by molar-refractivity contribution is 0.136. The van der Waals surface area contributed by atoms with E-state index in [1.165, 1.54) is 0 Å². The van der Waals surface area contributed by atoms with Gasteiger partial charge in [0.25, 0.3) is 0 Å². The molecule has 0 bridgehead atoms. The second-order valence-electron chi connectivity index (χ2n) is 3.91.